The molecule has 2 aromatic heterocycles. The summed E-state index contributed by atoms with van der Waals surface area (Å²) in [5.41, 5.74) is 2.90. The molecule has 3 aromatic rings. The van der Waals surface area contributed by atoms with E-state index in [-0.39, 0.29) is 18.1 Å². The largest absolute Gasteiger partial charge is 0.492 e. The average Bonchev–Trinajstić information content (AvgIpc) is 3.49. The highest BCUT2D eigenvalue weighted by Crippen LogP contribution is 2.26. The van der Waals surface area contributed by atoms with Crippen LogP contribution in [0.2, 0.25) is 0 Å². The number of allylic oxidation sites excluding steroid dienone is 5. The van der Waals surface area contributed by atoms with Gasteiger partial charge in [0.25, 0.3) is 12.3 Å². The summed E-state index contributed by atoms with van der Waals surface area (Å²) < 4.78 is 38.5. The number of aliphatic imine (C=N–C) groups is 1. The first kappa shape index (κ1) is 26.2. The number of alkyl halides is 2. The van der Waals surface area contributed by atoms with E-state index in [0.29, 0.717) is 29.4 Å². The van der Waals surface area contributed by atoms with E-state index < -0.39 is 6.43 Å². The number of aromatic nitrogens is 4. The Hall–Kier alpha value is -4.41. The van der Waals surface area contributed by atoms with E-state index in [1.54, 1.807) is 43.2 Å². The van der Waals surface area contributed by atoms with Gasteiger partial charge < -0.3 is 9.26 Å². The number of aryl methyl sites for hydroxylation is 1. The molecule has 0 bridgehead atoms. The monoisotopic (exact) mass is 495 g/mol. The molecule has 0 N–H and O–H groups in total. The number of ether oxygens (including phenoxy) is 1. The molecule has 0 saturated heterocycles. The normalized spacial score (nSPS) is 12.4. The zero-order chi connectivity index (χ0) is 26.1. The van der Waals surface area contributed by atoms with E-state index in [9.17, 15) is 8.78 Å². The van der Waals surface area contributed by atoms with Crippen LogP contribution in [0.4, 0.5) is 8.78 Å². The maximum atomic E-state index is 12.8. The Morgan fingerprint density at radius 2 is 2.03 bits per heavy atom. The summed E-state index contributed by atoms with van der Waals surface area (Å²) in [6.45, 7) is 9.24. The standard InChI is InChI=1S/C25H27F2N7O2/c1-6-19(23(26)27)10-7-17(2)35-15-22-21(13-30-33(22)5)25-31-24(32-36-25)20-11-8-18(9-12-20)14-34(29-4)16-28-3/h6-13,16,23H,1,4,14-15H2,2-3,5H3/b17-7+,19-10+,28-16?. The third-order valence-electron chi connectivity index (χ3n) is 5.14. The van der Waals surface area contributed by atoms with Gasteiger partial charge in [-0.05, 0) is 18.6 Å². The molecule has 0 amide bonds. The van der Waals surface area contributed by atoms with Crippen molar-refractivity contribution in [3.8, 4) is 22.8 Å². The zero-order valence-electron chi connectivity index (χ0n) is 20.3. The fourth-order valence-electron chi connectivity index (χ4n) is 3.14. The molecular formula is C25H27F2N7O2. The molecule has 0 radical (unpaired) electrons. The molecule has 0 spiro atoms. The van der Waals surface area contributed by atoms with Gasteiger partial charge in [-0.3, -0.25) is 14.7 Å². The van der Waals surface area contributed by atoms with Gasteiger partial charge in [0.1, 0.15) is 12.9 Å². The summed E-state index contributed by atoms with van der Waals surface area (Å²) in [4.78, 5) is 8.45. The number of hydrogen-bond donors (Lipinski definition) is 0. The van der Waals surface area contributed by atoms with E-state index >= 15 is 0 Å². The number of rotatable bonds is 12. The predicted molar refractivity (Wildman–Crippen MR) is 134 cm³/mol. The van der Waals surface area contributed by atoms with Gasteiger partial charge in [-0.2, -0.15) is 15.2 Å². The maximum absolute atomic E-state index is 12.8. The Morgan fingerprint density at radius 1 is 1.28 bits per heavy atom. The van der Waals surface area contributed by atoms with Crippen molar-refractivity contribution in [2.24, 2.45) is 17.1 Å². The minimum Gasteiger partial charge on any atom is -0.492 e. The molecule has 1 aromatic carbocycles. The number of benzene rings is 1. The topological polar surface area (TPSA) is 93.9 Å². The molecule has 9 nitrogen and oxygen atoms in total. The first-order valence-electron chi connectivity index (χ1n) is 10.9. The lowest BCUT2D eigenvalue weighted by Crippen LogP contribution is -2.13. The Balaban J connectivity index is 1.73. The molecule has 0 atom stereocenters. The van der Waals surface area contributed by atoms with E-state index in [1.807, 2.05) is 24.3 Å². The quantitative estimate of drug-likeness (QED) is 0.115. The van der Waals surface area contributed by atoms with Gasteiger partial charge in [0.15, 0.2) is 0 Å². The van der Waals surface area contributed by atoms with Crippen molar-refractivity contribution in [2.45, 2.75) is 26.5 Å². The zero-order valence-corrected chi connectivity index (χ0v) is 20.3. The number of hydrogen-bond acceptors (Lipinski definition) is 7. The molecule has 0 unspecified atom stereocenters. The summed E-state index contributed by atoms with van der Waals surface area (Å²) in [5.74, 6) is 1.16. The first-order valence-corrected chi connectivity index (χ1v) is 10.9. The van der Waals surface area contributed by atoms with E-state index in [2.05, 4.69) is 38.6 Å². The predicted octanol–water partition coefficient (Wildman–Crippen LogP) is 5.01. The van der Waals surface area contributed by atoms with Crippen LogP contribution in [-0.2, 0) is 24.9 Å². The lowest BCUT2D eigenvalue weighted by atomic mass is 10.1. The maximum Gasteiger partial charge on any atom is 0.263 e. The van der Waals surface area contributed by atoms with Crippen molar-refractivity contribution in [2.75, 3.05) is 7.05 Å². The van der Waals surface area contributed by atoms with Crippen LogP contribution in [0.1, 0.15) is 18.2 Å². The third kappa shape index (κ3) is 6.59. The number of halogens is 2. The molecule has 188 valence electrons. The molecule has 3 rings (SSSR count). The van der Waals surface area contributed by atoms with Gasteiger partial charge in [-0.15, -0.1) is 0 Å². The van der Waals surface area contributed by atoms with Gasteiger partial charge in [0.2, 0.25) is 5.82 Å². The molecule has 2 heterocycles. The van der Waals surface area contributed by atoms with Crippen LogP contribution in [0.15, 0.2) is 81.2 Å². The Bertz CT molecular complexity index is 1270. The summed E-state index contributed by atoms with van der Waals surface area (Å²) in [7, 11) is 3.42. The molecule has 0 aliphatic rings. The minimum atomic E-state index is -2.60. The second-order valence-corrected chi connectivity index (χ2v) is 7.60. The van der Waals surface area contributed by atoms with E-state index in [4.69, 9.17) is 9.26 Å². The Labute approximate surface area is 207 Å². The number of nitrogens with zero attached hydrogens (tertiary/aromatic N) is 7. The summed E-state index contributed by atoms with van der Waals surface area (Å²) in [6.07, 6.45) is 4.45. The summed E-state index contributed by atoms with van der Waals surface area (Å²) in [6, 6.07) is 7.65. The van der Waals surface area contributed by atoms with Crippen LogP contribution in [0.5, 0.6) is 0 Å². The fourth-order valence-corrected chi connectivity index (χ4v) is 3.14. The van der Waals surface area contributed by atoms with Crippen LogP contribution in [0, 0.1) is 0 Å². The van der Waals surface area contributed by atoms with Crippen molar-refractivity contribution in [3.63, 3.8) is 0 Å². The van der Waals surface area contributed by atoms with Crippen LogP contribution in [0.3, 0.4) is 0 Å². The smallest absolute Gasteiger partial charge is 0.263 e. The van der Waals surface area contributed by atoms with Crippen molar-refractivity contribution in [1.29, 1.82) is 0 Å². The molecular weight excluding hydrogens is 468 g/mol. The molecule has 0 saturated carbocycles. The van der Waals surface area contributed by atoms with E-state index in [0.717, 1.165) is 17.2 Å². The van der Waals surface area contributed by atoms with Crippen LogP contribution >= 0.6 is 0 Å². The van der Waals surface area contributed by atoms with Crippen LogP contribution < -0.4 is 0 Å². The van der Waals surface area contributed by atoms with Gasteiger partial charge >= 0.3 is 0 Å². The minimum absolute atomic E-state index is 0.126. The highest BCUT2D eigenvalue weighted by atomic mass is 19.3. The van der Waals surface area contributed by atoms with Gasteiger partial charge in [0.05, 0.1) is 29.8 Å². The van der Waals surface area contributed by atoms with Crippen molar-refractivity contribution >= 4 is 13.1 Å². The average molecular weight is 496 g/mol. The lowest BCUT2D eigenvalue weighted by Gasteiger charge is -2.12. The molecule has 0 fully saturated rings. The summed E-state index contributed by atoms with van der Waals surface area (Å²) >= 11 is 0. The van der Waals surface area contributed by atoms with Gasteiger partial charge in [-0.1, -0.05) is 48.2 Å². The first-order chi connectivity index (χ1) is 17.4. The highest BCUT2D eigenvalue weighted by molar-refractivity contribution is 5.61. The fraction of sp³-hybridized carbons (Fsp3) is 0.240. The van der Waals surface area contributed by atoms with Crippen molar-refractivity contribution in [1.82, 2.24) is 24.9 Å². The highest BCUT2D eigenvalue weighted by Gasteiger charge is 2.18. The van der Waals surface area contributed by atoms with Crippen molar-refractivity contribution < 1.29 is 18.0 Å². The number of hydrazone groups is 1. The van der Waals surface area contributed by atoms with Crippen LogP contribution in [-0.4, -0.2) is 51.5 Å². The van der Waals surface area contributed by atoms with Crippen LogP contribution in [0.25, 0.3) is 22.8 Å². The van der Waals surface area contributed by atoms with Gasteiger partial charge in [-0.25, -0.2) is 8.78 Å². The molecule has 36 heavy (non-hydrogen) atoms. The molecule has 0 aliphatic heterocycles. The molecule has 0 aliphatic carbocycles. The second kappa shape index (κ2) is 12.3. The summed E-state index contributed by atoms with van der Waals surface area (Å²) in [5, 5.41) is 13.9. The van der Waals surface area contributed by atoms with E-state index in [1.165, 1.54) is 12.2 Å². The molecule has 11 heteroatoms. The Morgan fingerprint density at radius 3 is 2.67 bits per heavy atom. The Kier molecular flexibility index (Phi) is 8.98. The van der Waals surface area contributed by atoms with Gasteiger partial charge in [0, 0.05) is 31.9 Å². The van der Waals surface area contributed by atoms with Crippen molar-refractivity contribution in [3.05, 3.63) is 77.9 Å². The SMILES string of the molecule is C=C/C(=C\C=C(/C)OCc1c(-c2nc(-c3ccc(CN(C=NC)N=C)cc3)no2)cnn1C)C(F)F. The third-order valence-corrected chi connectivity index (χ3v) is 5.14. The lowest BCUT2D eigenvalue weighted by molar-refractivity contribution is 0.191. The second-order valence-electron chi connectivity index (χ2n) is 7.60.